The maximum atomic E-state index is 8.91. The van der Waals surface area contributed by atoms with Crippen molar-refractivity contribution in [2.75, 3.05) is 0 Å². The lowest BCUT2D eigenvalue weighted by Crippen LogP contribution is -1.89. The minimum absolute atomic E-state index is 0.0263. The maximum absolute atomic E-state index is 8.91. The van der Waals surface area contributed by atoms with Crippen LogP contribution < -0.4 is 0 Å². The zero-order valence-corrected chi connectivity index (χ0v) is 13.2. The van der Waals surface area contributed by atoms with Crippen molar-refractivity contribution in [3.63, 3.8) is 0 Å². The van der Waals surface area contributed by atoms with E-state index in [1.807, 2.05) is 43.3 Å². The molecule has 0 amide bonds. The number of hydrogen-bond acceptors (Lipinski definition) is 4. The molecule has 0 bridgehead atoms. The number of rotatable bonds is 3. The molecule has 0 saturated heterocycles. The third-order valence-corrected chi connectivity index (χ3v) is 3.84. The summed E-state index contributed by atoms with van der Waals surface area (Å²) in [5.41, 5.74) is 1.03. The van der Waals surface area contributed by atoms with Crippen molar-refractivity contribution in [1.82, 2.24) is 4.98 Å². The minimum Gasteiger partial charge on any atom is -0.212 e. The van der Waals surface area contributed by atoms with Crippen LogP contribution in [0.4, 0.5) is 5.82 Å². The molecule has 1 aromatic heterocycles. The number of nitriles is 1. The van der Waals surface area contributed by atoms with Crippen molar-refractivity contribution in [1.29, 1.82) is 5.26 Å². The Kier molecular flexibility index (Phi) is 5.13. The molecule has 2 aromatic rings. The van der Waals surface area contributed by atoms with Crippen LogP contribution in [0.15, 0.2) is 40.6 Å². The van der Waals surface area contributed by atoms with Gasteiger partial charge < -0.3 is 0 Å². The van der Waals surface area contributed by atoms with Crippen molar-refractivity contribution in [2.24, 2.45) is 10.2 Å². The van der Waals surface area contributed by atoms with Crippen LogP contribution in [0.3, 0.4) is 0 Å². The number of hydrogen-bond donors (Lipinski definition) is 0. The Balaban J connectivity index is 2.32. The molecular weight excluding hydrogens is 331 g/mol. The van der Waals surface area contributed by atoms with E-state index >= 15 is 0 Å². The van der Waals surface area contributed by atoms with E-state index in [9.17, 15) is 0 Å². The summed E-state index contributed by atoms with van der Waals surface area (Å²) in [7, 11) is 0. The molecule has 21 heavy (non-hydrogen) atoms. The molecule has 7 heteroatoms. The summed E-state index contributed by atoms with van der Waals surface area (Å²) in [4.78, 5) is 3.94. The Labute approximate surface area is 137 Å². The largest absolute Gasteiger partial charge is 0.212 e. The SMILES string of the molecule is CC(N=Nc1nc(Cl)c(C#N)c(Cl)c1Cl)c1ccccc1. The number of pyridine rings is 1. The average Bonchev–Trinajstić information content (AvgIpc) is 2.50. The Hall–Kier alpha value is -1.67. The number of halogens is 3. The van der Waals surface area contributed by atoms with Gasteiger partial charge in [0.25, 0.3) is 0 Å². The molecule has 0 spiro atoms. The van der Waals surface area contributed by atoms with Gasteiger partial charge in [-0.3, -0.25) is 0 Å². The quantitative estimate of drug-likeness (QED) is 0.527. The smallest absolute Gasteiger partial charge is 0.195 e. The van der Waals surface area contributed by atoms with E-state index < -0.39 is 0 Å². The van der Waals surface area contributed by atoms with E-state index in [0.717, 1.165) is 5.56 Å². The van der Waals surface area contributed by atoms with Crippen LogP contribution in [0.25, 0.3) is 0 Å². The predicted molar refractivity (Wildman–Crippen MR) is 83.4 cm³/mol. The van der Waals surface area contributed by atoms with E-state index in [0.29, 0.717) is 0 Å². The summed E-state index contributed by atoms with van der Waals surface area (Å²) in [6.45, 7) is 1.89. The summed E-state index contributed by atoms with van der Waals surface area (Å²) >= 11 is 17.8. The van der Waals surface area contributed by atoms with E-state index in [4.69, 9.17) is 40.1 Å². The molecule has 1 heterocycles. The van der Waals surface area contributed by atoms with Crippen LogP contribution in [0.5, 0.6) is 0 Å². The van der Waals surface area contributed by atoms with Crippen LogP contribution in [-0.2, 0) is 0 Å². The highest BCUT2D eigenvalue weighted by Gasteiger charge is 2.16. The third-order valence-electron chi connectivity index (χ3n) is 2.74. The van der Waals surface area contributed by atoms with Gasteiger partial charge in [-0.15, -0.1) is 5.11 Å². The van der Waals surface area contributed by atoms with Crippen LogP contribution >= 0.6 is 34.8 Å². The maximum Gasteiger partial charge on any atom is 0.195 e. The molecule has 4 nitrogen and oxygen atoms in total. The Morgan fingerprint density at radius 2 is 1.81 bits per heavy atom. The average molecular weight is 340 g/mol. The van der Waals surface area contributed by atoms with Gasteiger partial charge in [-0.2, -0.15) is 10.4 Å². The molecule has 0 fully saturated rings. The van der Waals surface area contributed by atoms with Gasteiger partial charge in [-0.25, -0.2) is 4.98 Å². The Bertz CT molecular complexity index is 723. The summed E-state index contributed by atoms with van der Waals surface area (Å²) in [5, 5.41) is 17.1. The zero-order chi connectivity index (χ0) is 15.4. The summed E-state index contributed by atoms with van der Waals surface area (Å²) in [6.07, 6.45) is 0. The fourth-order valence-corrected chi connectivity index (χ4v) is 2.25. The van der Waals surface area contributed by atoms with Crippen LogP contribution in [0.1, 0.15) is 24.1 Å². The van der Waals surface area contributed by atoms with Gasteiger partial charge in [0.05, 0.1) is 11.1 Å². The lowest BCUT2D eigenvalue weighted by molar-refractivity contribution is 0.760. The van der Waals surface area contributed by atoms with Crippen molar-refractivity contribution in [2.45, 2.75) is 13.0 Å². The van der Waals surface area contributed by atoms with Crippen molar-refractivity contribution in [3.8, 4) is 6.07 Å². The van der Waals surface area contributed by atoms with E-state index in [2.05, 4.69) is 15.2 Å². The molecule has 0 saturated carbocycles. The highest BCUT2D eigenvalue weighted by molar-refractivity contribution is 6.45. The second-order valence-corrected chi connectivity index (χ2v) is 5.26. The minimum atomic E-state index is -0.169. The summed E-state index contributed by atoms with van der Waals surface area (Å²) in [5.74, 6) is 0.0912. The topological polar surface area (TPSA) is 61.4 Å². The second-order valence-electron chi connectivity index (χ2n) is 4.14. The molecule has 0 aliphatic heterocycles. The normalized spacial score (nSPS) is 12.3. The number of aromatic nitrogens is 1. The van der Waals surface area contributed by atoms with Gasteiger partial charge in [0.2, 0.25) is 0 Å². The monoisotopic (exact) mass is 338 g/mol. The first-order chi connectivity index (χ1) is 10.0. The lowest BCUT2D eigenvalue weighted by atomic mass is 10.1. The highest BCUT2D eigenvalue weighted by atomic mass is 35.5. The molecular formula is C14H9Cl3N4. The van der Waals surface area contributed by atoms with Crippen LogP contribution in [0, 0.1) is 11.3 Å². The predicted octanol–water partition coefficient (Wildman–Crippen LogP) is 5.76. The van der Waals surface area contributed by atoms with E-state index in [-0.39, 0.29) is 32.6 Å². The number of nitrogens with zero attached hydrogens (tertiary/aromatic N) is 4. The first-order valence-electron chi connectivity index (χ1n) is 5.95. The first kappa shape index (κ1) is 15.7. The molecule has 0 radical (unpaired) electrons. The van der Waals surface area contributed by atoms with Gasteiger partial charge in [0.1, 0.15) is 16.7 Å². The Morgan fingerprint density at radius 3 is 2.43 bits per heavy atom. The molecule has 0 aliphatic rings. The van der Waals surface area contributed by atoms with E-state index in [1.165, 1.54) is 0 Å². The van der Waals surface area contributed by atoms with Crippen molar-refractivity contribution >= 4 is 40.6 Å². The summed E-state index contributed by atoms with van der Waals surface area (Å²) in [6, 6.07) is 11.3. The second kappa shape index (κ2) is 6.86. The molecule has 2 rings (SSSR count). The van der Waals surface area contributed by atoms with E-state index in [1.54, 1.807) is 0 Å². The molecule has 0 aliphatic carbocycles. The van der Waals surface area contributed by atoms with Gasteiger partial charge in [-0.1, -0.05) is 65.1 Å². The fraction of sp³-hybridized carbons (Fsp3) is 0.143. The van der Waals surface area contributed by atoms with Crippen LogP contribution in [-0.4, -0.2) is 4.98 Å². The van der Waals surface area contributed by atoms with Gasteiger partial charge in [0.15, 0.2) is 11.0 Å². The van der Waals surface area contributed by atoms with Gasteiger partial charge >= 0.3 is 0 Å². The highest BCUT2D eigenvalue weighted by Crippen LogP contribution is 2.36. The first-order valence-corrected chi connectivity index (χ1v) is 7.08. The Morgan fingerprint density at radius 1 is 1.14 bits per heavy atom. The fourth-order valence-electron chi connectivity index (χ4n) is 1.60. The molecule has 1 aromatic carbocycles. The molecule has 0 N–H and O–H groups in total. The zero-order valence-electron chi connectivity index (χ0n) is 10.9. The van der Waals surface area contributed by atoms with Gasteiger partial charge in [-0.05, 0) is 12.5 Å². The van der Waals surface area contributed by atoms with Gasteiger partial charge in [0, 0.05) is 0 Å². The number of azo groups is 1. The lowest BCUT2D eigenvalue weighted by Gasteiger charge is -2.06. The molecule has 106 valence electrons. The van der Waals surface area contributed by atoms with Crippen molar-refractivity contribution in [3.05, 3.63) is 56.7 Å². The van der Waals surface area contributed by atoms with Crippen LogP contribution in [0.2, 0.25) is 15.2 Å². The third kappa shape index (κ3) is 3.51. The van der Waals surface area contributed by atoms with Crippen molar-refractivity contribution < 1.29 is 0 Å². The summed E-state index contributed by atoms with van der Waals surface area (Å²) < 4.78 is 0. The molecule has 1 unspecified atom stereocenters. The number of benzene rings is 1. The molecule has 1 atom stereocenters. The standard InChI is InChI=1S/C14H9Cl3N4/c1-8(9-5-3-2-4-6-9)20-21-14-12(16)11(15)10(7-18)13(17)19-14/h2-6,8H,1H3.